The average molecular weight is 251 g/mol. The van der Waals surface area contributed by atoms with Crippen LogP contribution in [-0.4, -0.2) is 11.8 Å². The molecular weight excluding hydrogens is 233 g/mol. The van der Waals surface area contributed by atoms with Crippen LogP contribution >= 0.6 is 11.8 Å². The SMILES string of the molecule is NC(CSc1ccc(F)cc1)C1=CCCCC1. The van der Waals surface area contributed by atoms with E-state index in [0.717, 1.165) is 17.1 Å². The van der Waals surface area contributed by atoms with Gasteiger partial charge in [0.1, 0.15) is 5.82 Å². The van der Waals surface area contributed by atoms with Crippen molar-refractivity contribution in [2.24, 2.45) is 5.73 Å². The number of thioether (sulfide) groups is 1. The summed E-state index contributed by atoms with van der Waals surface area (Å²) in [6.45, 7) is 0. The van der Waals surface area contributed by atoms with Crippen molar-refractivity contribution >= 4 is 11.8 Å². The third kappa shape index (κ3) is 3.86. The molecule has 0 spiro atoms. The van der Waals surface area contributed by atoms with Crippen LogP contribution in [-0.2, 0) is 0 Å². The Morgan fingerprint density at radius 3 is 2.65 bits per heavy atom. The summed E-state index contributed by atoms with van der Waals surface area (Å²) in [5, 5.41) is 0. The second-order valence-electron chi connectivity index (χ2n) is 4.40. The van der Waals surface area contributed by atoms with Gasteiger partial charge in [0.05, 0.1) is 0 Å². The fourth-order valence-electron chi connectivity index (χ4n) is 2.02. The van der Waals surface area contributed by atoms with Crippen molar-refractivity contribution < 1.29 is 4.39 Å². The summed E-state index contributed by atoms with van der Waals surface area (Å²) >= 11 is 1.70. The van der Waals surface area contributed by atoms with Gasteiger partial charge in [0.15, 0.2) is 0 Å². The van der Waals surface area contributed by atoms with E-state index in [4.69, 9.17) is 5.73 Å². The lowest BCUT2D eigenvalue weighted by Crippen LogP contribution is -2.26. The molecule has 1 aromatic carbocycles. The molecule has 0 fully saturated rings. The predicted molar refractivity (Wildman–Crippen MR) is 71.7 cm³/mol. The maximum atomic E-state index is 12.7. The minimum atomic E-state index is -0.186. The molecule has 0 amide bonds. The minimum absolute atomic E-state index is 0.144. The summed E-state index contributed by atoms with van der Waals surface area (Å²) in [5.41, 5.74) is 7.56. The van der Waals surface area contributed by atoms with Crippen LogP contribution in [0.25, 0.3) is 0 Å². The lowest BCUT2D eigenvalue weighted by Gasteiger charge is -2.19. The topological polar surface area (TPSA) is 26.0 Å². The first-order valence-corrected chi connectivity index (χ1v) is 7.07. The van der Waals surface area contributed by atoms with Crippen LogP contribution in [0.1, 0.15) is 25.7 Å². The minimum Gasteiger partial charge on any atom is -0.324 e. The fourth-order valence-corrected chi connectivity index (χ4v) is 2.94. The molecule has 2 rings (SSSR count). The zero-order valence-corrected chi connectivity index (χ0v) is 10.7. The van der Waals surface area contributed by atoms with Gasteiger partial charge in [0.25, 0.3) is 0 Å². The molecule has 1 aliphatic rings. The number of allylic oxidation sites excluding steroid dienone is 1. The van der Waals surface area contributed by atoms with Gasteiger partial charge < -0.3 is 5.73 Å². The molecule has 0 bridgehead atoms. The molecule has 92 valence electrons. The predicted octanol–water partition coefficient (Wildman–Crippen LogP) is 3.75. The van der Waals surface area contributed by atoms with Gasteiger partial charge >= 0.3 is 0 Å². The number of hydrogen-bond donors (Lipinski definition) is 1. The van der Waals surface area contributed by atoms with Crippen molar-refractivity contribution in [3.63, 3.8) is 0 Å². The molecule has 1 atom stereocenters. The molecule has 1 aliphatic carbocycles. The van der Waals surface area contributed by atoms with Gasteiger partial charge in [-0.05, 0) is 49.9 Å². The Kier molecular flexibility index (Phi) is 4.63. The zero-order chi connectivity index (χ0) is 12.1. The van der Waals surface area contributed by atoms with E-state index >= 15 is 0 Å². The van der Waals surface area contributed by atoms with E-state index in [1.54, 1.807) is 11.8 Å². The highest BCUT2D eigenvalue weighted by Crippen LogP contribution is 2.24. The first kappa shape index (κ1) is 12.7. The second kappa shape index (κ2) is 6.22. The monoisotopic (exact) mass is 251 g/mol. The van der Waals surface area contributed by atoms with Gasteiger partial charge in [-0.2, -0.15) is 0 Å². The Labute approximate surface area is 106 Å². The smallest absolute Gasteiger partial charge is 0.123 e. The third-order valence-corrected chi connectivity index (χ3v) is 4.18. The molecule has 3 heteroatoms. The van der Waals surface area contributed by atoms with Gasteiger partial charge in [-0.15, -0.1) is 11.8 Å². The van der Waals surface area contributed by atoms with Gasteiger partial charge in [-0.3, -0.25) is 0 Å². The summed E-state index contributed by atoms with van der Waals surface area (Å²) < 4.78 is 12.7. The number of nitrogens with two attached hydrogens (primary N) is 1. The van der Waals surface area contributed by atoms with E-state index in [0.29, 0.717) is 0 Å². The summed E-state index contributed by atoms with van der Waals surface area (Å²) in [7, 11) is 0. The Bertz CT molecular complexity index is 386. The van der Waals surface area contributed by atoms with E-state index in [2.05, 4.69) is 6.08 Å². The normalized spacial score (nSPS) is 17.6. The summed E-state index contributed by atoms with van der Waals surface area (Å²) in [6, 6.07) is 6.75. The highest BCUT2D eigenvalue weighted by atomic mass is 32.2. The Hall–Kier alpha value is -0.800. The Morgan fingerprint density at radius 2 is 2.00 bits per heavy atom. The molecule has 0 aromatic heterocycles. The van der Waals surface area contributed by atoms with Crippen LogP contribution in [0.15, 0.2) is 40.8 Å². The maximum Gasteiger partial charge on any atom is 0.123 e. The first-order valence-electron chi connectivity index (χ1n) is 6.08. The second-order valence-corrected chi connectivity index (χ2v) is 5.49. The van der Waals surface area contributed by atoms with Gasteiger partial charge in [-0.25, -0.2) is 4.39 Å². The van der Waals surface area contributed by atoms with Crippen LogP contribution in [0.4, 0.5) is 4.39 Å². The Morgan fingerprint density at radius 1 is 1.24 bits per heavy atom. The quantitative estimate of drug-likeness (QED) is 0.651. The molecule has 1 nitrogen and oxygen atoms in total. The van der Waals surface area contributed by atoms with Crippen LogP contribution in [0, 0.1) is 5.82 Å². The van der Waals surface area contributed by atoms with Crippen molar-refractivity contribution in [2.45, 2.75) is 36.6 Å². The molecular formula is C14H18FNS. The number of hydrogen-bond acceptors (Lipinski definition) is 2. The van der Waals surface area contributed by atoms with E-state index in [1.165, 1.54) is 37.0 Å². The van der Waals surface area contributed by atoms with Crippen LogP contribution in [0.5, 0.6) is 0 Å². The van der Waals surface area contributed by atoms with Crippen molar-refractivity contribution in [2.75, 3.05) is 5.75 Å². The van der Waals surface area contributed by atoms with Crippen molar-refractivity contribution in [3.05, 3.63) is 41.7 Å². The van der Waals surface area contributed by atoms with E-state index in [1.807, 2.05) is 12.1 Å². The molecule has 0 saturated carbocycles. The highest BCUT2D eigenvalue weighted by molar-refractivity contribution is 7.99. The molecule has 0 aliphatic heterocycles. The molecule has 0 saturated heterocycles. The lowest BCUT2D eigenvalue weighted by molar-refractivity contribution is 0.626. The number of halogens is 1. The van der Waals surface area contributed by atoms with Crippen molar-refractivity contribution in [3.8, 4) is 0 Å². The fraction of sp³-hybridized carbons (Fsp3) is 0.429. The number of benzene rings is 1. The highest BCUT2D eigenvalue weighted by Gasteiger charge is 2.12. The molecule has 17 heavy (non-hydrogen) atoms. The largest absolute Gasteiger partial charge is 0.324 e. The van der Waals surface area contributed by atoms with Gasteiger partial charge in [0, 0.05) is 16.7 Å². The van der Waals surface area contributed by atoms with Gasteiger partial charge in [0.2, 0.25) is 0 Å². The molecule has 0 radical (unpaired) electrons. The molecule has 2 N–H and O–H groups in total. The third-order valence-electron chi connectivity index (χ3n) is 3.05. The molecule has 0 heterocycles. The molecule has 1 aromatic rings. The van der Waals surface area contributed by atoms with Crippen LogP contribution in [0.3, 0.4) is 0 Å². The van der Waals surface area contributed by atoms with E-state index in [9.17, 15) is 4.39 Å². The molecule has 1 unspecified atom stereocenters. The lowest BCUT2D eigenvalue weighted by atomic mass is 9.95. The number of rotatable bonds is 4. The van der Waals surface area contributed by atoms with E-state index in [-0.39, 0.29) is 11.9 Å². The van der Waals surface area contributed by atoms with E-state index < -0.39 is 0 Å². The Balaban J connectivity index is 1.85. The van der Waals surface area contributed by atoms with Crippen LogP contribution < -0.4 is 5.73 Å². The summed E-state index contributed by atoms with van der Waals surface area (Å²) in [5.74, 6) is 0.686. The van der Waals surface area contributed by atoms with Gasteiger partial charge in [-0.1, -0.05) is 11.6 Å². The summed E-state index contributed by atoms with van der Waals surface area (Å²) in [4.78, 5) is 1.08. The van der Waals surface area contributed by atoms with Crippen LogP contribution in [0.2, 0.25) is 0 Å². The van der Waals surface area contributed by atoms with Crippen molar-refractivity contribution in [1.82, 2.24) is 0 Å². The maximum absolute atomic E-state index is 12.7. The standard InChI is InChI=1S/C14H18FNS/c15-12-6-8-13(9-7-12)17-10-14(16)11-4-2-1-3-5-11/h4,6-9,14H,1-3,5,10,16H2. The average Bonchev–Trinajstić information content (AvgIpc) is 2.39. The first-order chi connectivity index (χ1) is 8.25. The zero-order valence-electron chi connectivity index (χ0n) is 9.86. The summed E-state index contributed by atoms with van der Waals surface area (Å²) in [6.07, 6.45) is 7.16. The van der Waals surface area contributed by atoms with Crippen molar-refractivity contribution in [1.29, 1.82) is 0 Å².